The molecule has 12 heteroatoms. The van der Waals surface area contributed by atoms with Crippen molar-refractivity contribution in [3.05, 3.63) is 33.5 Å². The average Bonchev–Trinajstić information content (AvgIpc) is 3.77. The molecule has 1 aromatic rings. The van der Waals surface area contributed by atoms with E-state index < -0.39 is 0 Å². The number of unbranched alkanes of at least 4 members (excludes halogenated alkanes) is 3. The van der Waals surface area contributed by atoms with Crippen LogP contribution in [-0.2, 0) is 28.7 Å². The summed E-state index contributed by atoms with van der Waals surface area (Å²) in [6.07, 6.45) is 21.7. The third-order valence-electron chi connectivity index (χ3n) is 14.9. The quantitative estimate of drug-likeness (QED) is 0.0486. The fourth-order valence-corrected chi connectivity index (χ4v) is 13.0. The molecule has 5 aliphatic rings. The molecule has 4 fully saturated rings. The Balaban J connectivity index is 0.931. The number of hydrogen-bond acceptors (Lipinski definition) is 11. The summed E-state index contributed by atoms with van der Waals surface area (Å²) in [6.45, 7) is 14.6. The molecule has 0 N–H and O–H groups in total. The van der Waals surface area contributed by atoms with Crippen LogP contribution < -0.4 is 9.47 Å². The summed E-state index contributed by atoms with van der Waals surface area (Å²) >= 11 is 2.46. The third-order valence-corrected chi connectivity index (χ3v) is 17.5. The van der Waals surface area contributed by atoms with Crippen molar-refractivity contribution in [1.82, 2.24) is 0 Å². The fourth-order valence-electron chi connectivity index (χ4n) is 10.6. The van der Waals surface area contributed by atoms with Crippen LogP contribution in [0.2, 0.25) is 0 Å². The second kappa shape index (κ2) is 24.0. The van der Waals surface area contributed by atoms with Gasteiger partial charge in [0.2, 0.25) is 0 Å². The van der Waals surface area contributed by atoms with Crippen LogP contribution in [0.3, 0.4) is 0 Å². The summed E-state index contributed by atoms with van der Waals surface area (Å²) < 4.78 is 23.6. The molecule has 0 saturated heterocycles. The first-order valence-corrected chi connectivity index (χ1v) is 25.6. The zero-order chi connectivity index (χ0) is 44.0. The molecule has 0 amide bonds. The topological polar surface area (TPSA) is 133 Å². The van der Waals surface area contributed by atoms with Gasteiger partial charge in [0.1, 0.15) is 11.5 Å². The van der Waals surface area contributed by atoms with E-state index >= 15 is 0 Å². The zero-order valence-electron chi connectivity index (χ0n) is 37.3. The lowest BCUT2D eigenvalue weighted by molar-refractivity contribution is -0.151. The first kappa shape index (κ1) is 48.0. The molecule has 6 rings (SSSR count). The van der Waals surface area contributed by atoms with Gasteiger partial charge >= 0.3 is 23.9 Å². The summed E-state index contributed by atoms with van der Waals surface area (Å²) in [5.41, 5.74) is -0.0393. The molecule has 62 heavy (non-hydrogen) atoms. The van der Waals surface area contributed by atoms with Crippen LogP contribution >= 0.6 is 23.5 Å². The van der Waals surface area contributed by atoms with Gasteiger partial charge in [-0.05, 0) is 164 Å². The number of thioether (sulfide) groups is 2. The van der Waals surface area contributed by atoms with Crippen LogP contribution in [0.4, 0.5) is 0 Å². The van der Waals surface area contributed by atoms with Crippen molar-refractivity contribution in [3.8, 4) is 17.6 Å². The molecule has 4 saturated carbocycles. The zero-order valence-corrected chi connectivity index (χ0v) is 38.9. The lowest BCUT2D eigenvalue weighted by Crippen LogP contribution is -2.31. The molecule has 10 nitrogen and oxygen atoms in total. The summed E-state index contributed by atoms with van der Waals surface area (Å²) in [7, 11) is 0. The number of hydrogen-bond donors (Lipinski definition) is 0. The van der Waals surface area contributed by atoms with E-state index in [0.717, 1.165) is 121 Å². The van der Waals surface area contributed by atoms with E-state index in [9.17, 15) is 24.4 Å². The lowest BCUT2D eigenvalue weighted by Gasteiger charge is -2.37. The van der Waals surface area contributed by atoms with Crippen LogP contribution in [0.15, 0.2) is 31.9 Å². The van der Waals surface area contributed by atoms with E-state index in [4.69, 9.17) is 25.5 Å². The highest BCUT2D eigenvalue weighted by atomic mass is 32.2. The molecule has 4 aliphatic carbocycles. The number of carbonyl (C=O) groups is 4. The van der Waals surface area contributed by atoms with Gasteiger partial charge in [0.15, 0.2) is 0 Å². The van der Waals surface area contributed by atoms with Crippen molar-refractivity contribution in [2.24, 2.45) is 53.3 Å². The Morgan fingerprint density at radius 3 is 1.48 bits per heavy atom. The van der Waals surface area contributed by atoms with E-state index in [0.29, 0.717) is 56.5 Å². The highest BCUT2D eigenvalue weighted by Crippen LogP contribution is 2.59. The molecule has 1 aromatic carbocycles. The first-order valence-electron chi connectivity index (χ1n) is 23.9. The minimum Gasteiger partial charge on any atom is -0.465 e. The monoisotopic (exact) mass is 888 g/mol. The van der Waals surface area contributed by atoms with Gasteiger partial charge in [-0.1, -0.05) is 63.6 Å². The van der Waals surface area contributed by atoms with E-state index in [1.807, 2.05) is 19.9 Å². The smallest absolute Gasteiger partial charge is 0.314 e. The standard InChI is InChI=1S/C50H68N2O8S2/c1-5-32(3)46(53)57-29-9-7-8-10-30-58-47(54)38-21-15-36(16-22-38)37-19-25-40(26-20-37)49(56)60-43-28-27-42(44-45(43)62-50(61-44)41(31-51)52-4)59-48(55)39-23-17-35(18-24-39)34-13-11-33(6-2)12-14-34/h27-28,32-40H,5-26,29-30H2,1-3H3/b50-41-. The van der Waals surface area contributed by atoms with Crippen LogP contribution in [-0.4, -0.2) is 37.1 Å². The molecule has 0 aromatic heterocycles. The predicted octanol–water partition coefficient (Wildman–Crippen LogP) is 12.6. The highest BCUT2D eigenvalue weighted by molar-refractivity contribution is 8.24. The Labute approximate surface area is 378 Å². The van der Waals surface area contributed by atoms with Gasteiger partial charge in [0, 0.05) is 0 Å². The Hall–Kier alpha value is -3.48. The van der Waals surface area contributed by atoms with E-state index in [2.05, 4.69) is 11.8 Å². The Kier molecular flexibility index (Phi) is 18.6. The molecule has 1 heterocycles. The van der Waals surface area contributed by atoms with Crippen molar-refractivity contribution >= 4 is 47.4 Å². The number of nitrogens with zero attached hydrogens (tertiary/aromatic N) is 2. The van der Waals surface area contributed by atoms with Gasteiger partial charge in [0.05, 0.1) is 63.6 Å². The number of ether oxygens (including phenoxy) is 4. The Bertz CT molecular complexity index is 1800. The largest absolute Gasteiger partial charge is 0.465 e. The molecule has 1 aliphatic heterocycles. The maximum atomic E-state index is 13.7. The van der Waals surface area contributed by atoms with Gasteiger partial charge < -0.3 is 18.9 Å². The predicted molar refractivity (Wildman–Crippen MR) is 241 cm³/mol. The second-order valence-electron chi connectivity index (χ2n) is 18.7. The number of fused-ring (bicyclic) bond motifs is 1. The molecule has 1 unspecified atom stereocenters. The second-order valence-corrected chi connectivity index (χ2v) is 21.0. The normalized spacial score (nSPS) is 28.6. The molecular formula is C50H68N2O8S2. The summed E-state index contributed by atoms with van der Waals surface area (Å²) in [4.78, 5) is 56.5. The van der Waals surface area contributed by atoms with Crippen molar-refractivity contribution in [1.29, 1.82) is 5.26 Å². The van der Waals surface area contributed by atoms with E-state index in [1.165, 1.54) is 55.6 Å². The third kappa shape index (κ3) is 12.8. The molecule has 0 spiro atoms. The van der Waals surface area contributed by atoms with Crippen molar-refractivity contribution in [2.45, 2.75) is 172 Å². The summed E-state index contributed by atoms with van der Waals surface area (Å²) in [5.74, 6) is 2.96. The molecular weight excluding hydrogens is 821 g/mol. The number of benzene rings is 1. The van der Waals surface area contributed by atoms with Gasteiger partial charge in [-0.25, -0.2) is 10.1 Å². The highest BCUT2D eigenvalue weighted by Gasteiger charge is 2.38. The van der Waals surface area contributed by atoms with Crippen molar-refractivity contribution in [2.75, 3.05) is 13.2 Å². The number of esters is 4. The Morgan fingerprint density at radius 2 is 1.08 bits per heavy atom. The van der Waals surface area contributed by atoms with Crippen molar-refractivity contribution < 1.29 is 38.1 Å². The van der Waals surface area contributed by atoms with Crippen LogP contribution in [0.25, 0.3) is 4.85 Å². The maximum absolute atomic E-state index is 13.7. The minimum absolute atomic E-state index is 0.0393. The summed E-state index contributed by atoms with van der Waals surface area (Å²) in [6, 6.07) is 5.37. The fraction of sp³-hybridized carbons (Fsp3) is 0.720. The molecule has 1 atom stereocenters. The van der Waals surface area contributed by atoms with Gasteiger partial charge in [-0.2, -0.15) is 0 Å². The molecule has 0 radical (unpaired) electrons. The lowest BCUT2D eigenvalue weighted by atomic mass is 9.69. The number of carbonyl (C=O) groups excluding carboxylic acids is 4. The summed E-state index contributed by atoms with van der Waals surface area (Å²) in [5, 5.41) is 9.67. The number of allylic oxidation sites excluding steroid dienone is 1. The Morgan fingerprint density at radius 1 is 0.661 bits per heavy atom. The maximum Gasteiger partial charge on any atom is 0.314 e. The van der Waals surface area contributed by atoms with Crippen LogP contribution in [0.1, 0.15) is 162 Å². The van der Waals surface area contributed by atoms with Crippen LogP contribution in [0.5, 0.6) is 11.5 Å². The molecule has 0 bridgehead atoms. The van der Waals surface area contributed by atoms with Crippen molar-refractivity contribution in [3.63, 3.8) is 0 Å². The van der Waals surface area contributed by atoms with E-state index in [-0.39, 0.29) is 53.2 Å². The molecule has 338 valence electrons. The minimum atomic E-state index is -0.277. The number of nitriles is 1. The SMILES string of the molecule is [C-]#[N+]/C(C#N)=C1/Sc2c(OC(=O)C3CCC(C4CCC(CC)CC4)CC3)ccc(OC(=O)C3CCC(C4CCC(C(=O)OCCCCCCOC(=O)C(C)CC)CC4)CC3)c2S1. The van der Waals surface area contributed by atoms with Gasteiger partial charge in [-0.3, -0.25) is 19.2 Å². The van der Waals surface area contributed by atoms with E-state index in [1.54, 1.807) is 12.1 Å². The first-order chi connectivity index (χ1) is 30.1. The van der Waals surface area contributed by atoms with Gasteiger partial charge in [-0.15, -0.1) is 0 Å². The average molecular weight is 889 g/mol. The van der Waals surface area contributed by atoms with Gasteiger partial charge in [0.25, 0.3) is 5.70 Å². The van der Waals surface area contributed by atoms with Crippen LogP contribution in [0, 0.1) is 71.2 Å². The number of rotatable bonds is 17.